The molecule has 0 spiro atoms. The van der Waals surface area contributed by atoms with Crippen molar-refractivity contribution in [2.75, 3.05) is 26.2 Å². The lowest BCUT2D eigenvalue weighted by molar-refractivity contribution is -0.928. The number of benzene rings is 1. The molecular weight excluding hydrogens is 280 g/mol. The summed E-state index contributed by atoms with van der Waals surface area (Å²) in [5.74, 6) is -1.32. The zero-order valence-electron chi connectivity index (χ0n) is 12.7. The van der Waals surface area contributed by atoms with Gasteiger partial charge in [-0.1, -0.05) is 12.1 Å². The highest BCUT2D eigenvalue weighted by Gasteiger charge is 2.31. The number of rotatable bonds is 3. The summed E-state index contributed by atoms with van der Waals surface area (Å²) in [5.41, 5.74) is 0.493. The monoisotopic (exact) mass is 302 g/mol. The molecule has 0 radical (unpaired) electrons. The van der Waals surface area contributed by atoms with Crippen molar-refractivity contribution >= 4 is 11.9 Å². The fraction of sp³-hybridized carbons (Fsp3) is 0.529. The van der Waals surface area contributed by atoms with Gasteiger partial charge < -0.3 is 19.7 Å². The molecule has 1 aromatic rings. The molecule has 2 aliphatic rings. The number of hydrogen-bond donors (Lipinski definition) is 1. The zero-order valence-corrected chi connectivity index (χ0v) is 12.7. The second kappa shape index (κ2) is 6.48. The van der Waals surface area contributed by atoms with Crippen molar-refractivity contribution in [1.82, 2.24) is 4.90 Å². The van der Waals surface area contributed by atoms with E-state index in [1.807, 2.05) is 4.90 Å². The van der Waals surface area contributed by atoms with E-state index in [4.69, 9.17) is 0 Å². The van der Waals surface area contributed by atoms with Gasteiger partial charge >= 0.3 is 0 Å². The van der Waals surface area contributed by atoms with Crippen LogP contribution in [0.1, 0.15) is 46.4 Å². The Morgan fingerprint density at radius 3 is 2.36 bits per heavy atom. The summed E-state index contributed by atoms with van der Waals surface area (Å²) < 4.78 is 0. The molecule has 22 heavy (non-hydrogen) atoms. The van der Waals surface area contributed by atoms with Crippen LogP contribution in [0.5, 0.6) is 0 Å². The summed E-state index contributed by atoms with van der Waals surface area (Å²) in [7, 11) is 0. The number of nitrogens with zero attached hydrogens (tertiary/aromatic N) is 1. The van der Waals surface area contributed by atoms with Gasteiger partial charge in [0.1, 0.15) is 0 Å². The van der Waals surface area contributed by atoms with E-state index in [1.54, 1.807) is 17.0 Å². The van der Waals surface area contributed by atoms with Crippen molar-refractivity contribution in [2.45, 2.75) is 31.7 Å². The topological polar surface area (TPSA) is 64.9 Å². The first-order valence-electron chi connectivity index (χ1n) is 8.10. The molecule has 0 atom stereocenters. The van der Waals surface area contributed by atoms with E-state index in [0.29, 0.717) is 5.56 Å². The summed E-state index contributed by atoms with van der Waals surface area (Å²) >= 11 is 0. The number of quaternary nitrogens is 1. The molecule has 5 nitrogen and oxygen atoms in total. The van der Waals surface area contributed by atoms with Gasteiger partial charge in [-0.25, -0.2) is 0 Å². The Balaban J connectivity index is 1.62. The maximum Gasteiger partial charge on any atom is 0.254 e. The van der Waals surface area contributed by atoms with Gasteiger partial charge in [-0.3, -0.25) is 4.79 Å². The third kappa shape index (κ3) is 3.14. The zero-order chi connectivity index (χ0) is 15.5. The third-order valence-corrected chi connectivity index (χ3v) is 4.97. The summed E-state index contributed by atoms with van der Waals surface area (Å²) in [6.07, 6.45) is 5.31. The van der Waals surface area contributed by atoms with Crippen molar-refractivity contribution in [3.05, 3.63) is 35.4 Å². The van der Waals surface area contributed by atoms with Gasteiger partial charge in [-0.2, -0.15) is 0 Å². The number of aromatic carboxylic acids is 1. The number of amides is 1. The average Bonchev–Trinajstić information content (AvgIpc) is 3.09. The minimum absolute atomic E-state index is 0.0565. The van der Waals surface area contributed by atoms with Crippen LogP contribution >= 0.6 is 0 Å². The molecule has 1 aliphatic heterocycles. The predicted octanol–water partition coefficient (Wildman–Crippen LogP) is -0.667. The molecule has 0 bridgehead atoms. The van der Waals surface area contributed by atoms with Crippen LogP contribution in [0.2, 0.25) is 0 Å². The molecule has 5 heteroatoms. The van der Waals surface area contributed by atoms with Crippen molar-refractivity contribution in [1.29, 1.82) is 0 Å². The molecule has 0 aromatic heterocycles. The Kier molecular flexibility index (Phi) is 4.43. The maximum absolute atomic E-state index is 12.5. The van der Waals surface area contributed by atoms with Gasteiger partial charge in [0.05, 0.1) is 38.2 Å². The predicted molar refractivity (Wildman–Crippen MR) is 79.6 cm³/mol. The van der Waals surface area contributed by atoms with Gasteiger partial charge in [0.25, 0.3) is 5.91 Å². The molecule has 3 rings (SSSR count). The lowest BCUT2D eigenvalue weighted by Crippen LogP contribution is -3.18. The summed E-state index contributed by atoms with van der Waals surface area (Å²) in [5, 5.41) is 10.9. The van der Waals surface area contributed by atoms with E-state index >= 15 is 0 Å². The SMILES string of the molecule is O=C([O-])c1cccc(C(=O)N2CC[NH+](C3CCCC3)CC2)c1. The van der Waals surface area contributed by atoms with Gasteiger partial charge in [0.15, 0.2) is 0 Å². The first kappa shape index (κ1) is 15.0. The molecule has 1 N–H and O–H groups in total. The number of piperazine rings is 1. The van der Waals surface area contributed by atoms with Crippen molar-refractivity contribution in [3.63, 3.8) is 0 Å². The number of carbonyl (C=O) groups is 2. The number of nitrogens with one attached hydrogen (secondary N) is 1. The van der Waals surface area contributed by atoms with Crippen LogP contribution < -0.4 is 10.0 Å². The molecule has 1 amide bonds. The molecule has 1 aliphatic carbocycles. The van der Waals surface area contributed by atoms with Crippen molar-refractivity contribution in [3.8, 4) is 0 Å². The summed E-state index contributed by atoms with van der Waals surface area (Å²) in [6.45, 7) is 3.49. The van der Waals surface area contributed by atoms with Crippen LogP contribution in [0.4, 0.5) is 0 Å². The highest BCUT2D eigenvalue weighted by atomic mass is 16.4. The standard InChI is InChI=1S/C17H22N2O3/c20-16(13-4-3-5-14(12-13)17(21)22)19-10-8-18(9-11-19)15-6-1-2-7-15/h3-5,12,15H,1-2,6-11H2,(H,21,22). The van der Waals surface area contributed by atoms with Crippen LogP contribution in [-0.2, 0) is 0 Å². The lowest BCUT2D eigenvalue weighted by atomic mass is 10.1. The van der Waals surface area contributed by atoms with Crippen LogP contribution in [0.15, 0.2) is 24.3 Å². The van der Waals surface area contributed by atoms with Crippen molar-refractivity contribution in [2.24, 2.45) is 0 Å². The van der Waals surface area contributed by atoms with E-state index in [1.165, 1.54) is 37.8 Å². The highest BCUT2D eigenvalue weighted by Crippen LogP contribution is 2.16. The molecule has 1 aromatic carbocycles. The minimum Gasteiger partial charge on any atom is -0.545 e. The number of hydrogen-bond acceptors (Lipinski definition) is 3. The number of carbonyl (C=O) groups excluding carboxylic acids is 2. The van der Waals surface area contributed by atoms with E-state index in [9.17, 15) is 14.7 Å². The molecule has 118 valence electrons. The normalized spacial score (nSPS) is 20.3. The lowest BCUT2D eigenvalue weighted by Gasteiger charge is -2.35. The summed E-state index contributed by atoms with van der Waals surface area (Å²) in [4.78, 5) is 26.9. The fourth-order valence-electron chi connectivity index (χ4n) is 3.70. The van der Waals surface area contributed by atoms with E-state index in [2.05, 4.69) is 0 Å². The van der Waals surface area contributed by atoms with E-state index < -0.39 is 5.97 Å². The number of carboxylic acid groups (broad SMARTS) is 1. The Bertz CT molecular complexity index is 559. The second-order valence-corrected chi connectivity index (χ2v) is 6.30. The highest BCUT2D eigenvalue weighted by molar-refractivity contribution is 5.97. The van der Waals surface area contributed by atoms with Gasteiger partial charge in [-0.05, 0) is 43.4 Å². The smallest absolute Gasteiger partial charge is 0.254 e. The van der Waals surface area contributed by atoms with E-state index in [-0.39, 0.29) is 11.5 Å². The first-order chi connectivity index (χ1) is 10.6. The average molecular weight is 302 g/mol. The quantitative estimate of drug-likeness (QED) is 0.806. The van der Waals surface area contributed by atoms with Crippen LogP contribution in [0.25, 0.3) is 0 Å². The molecule has 2 fully saturated rings. The molecule has 0 unspecified atom stereocenters. The Hall–Kier alpha value is -1.88. The number of carboxylic acids is 1. The minimum atomic E-state index is -1.25. The Morgan fingerprint density at radius 1 is 1.09 bits per heavy atom. The fourth-order valence-corrected chi connectivity index (χ4v) is 3.70. The third-order valence-electron chi connectivity index (χ3n) is 4.97. The van der Waals surface area contributed by atoms with Crippen LogP contribution in [0, 0.1) is 0 Å². The first-order valence-corrected chi connectivity index (χ1v) is 8.10. The van der Waals surface area contributed by atoms with Crippen LogP contribution in [-0.4, -0.2) is 49.0 Å². The van der Waals surface area contributed by atoms with Gasteiger partial charge in [0, 0.05) is 5.56 Å². The molecule has 1 saturated carbocycles. The maximum atomic E-state index is 12.5. The summed E-state index contributed by atoms with van der Waals surface area (Å²) in [6, 6.07) is 6.91. The van der Waals surface area contributed by atoms with Crippen molar-refractivity contribution < 1.29 is 19.6 Å². The molecular formula is C17H22N2O3. The molecule has 1 saturated heterocycles. The Morgan fingerprint density at radius 2 is 1.73 bits per heavy atom. The molecule has 1 heterocycles. The van der Waals surface area contributed by atoms with Gasteiger partial charge in [0.2, 0.25) is 0 Å². The second-order valence-electron chi connectivity index (χ2n) is 6.30. The van der Waals surface area contributed by atoms with Crippen LogP contribution in [0.3, 0.4) is 0 Å². The van der Waals surface area contributed by atoms with E-state index in [0.717, 1.165) is 32.2 Å². The Labute approximate surface area is 130 Å². The largest absolute Gasteiger partial charge is 0.545 e. The van der Waals surface area contributed by atoms with Gasteiger partial charge in [-0.15, -0.1) is 0 Å².